The number of likely N-dealkylation sites (tertiary alicyclic amines) is 1. The average Bonchev–Trinajstić information content (AvgIpc) is 3.01. The molecule has 0 aliphatic carbocycles. The second-order valence-electron chi connectivity index (χ2n) is 6.09. The zero-order valence-corrected chi connectivity index (χ0v) is 13.0. The van der Waals surface area contributed by atoms with Gasteiger partial charge >= 0.3 is 12.1 Å². The first kappa shape index (κ1) is 17.3. The van der Waals surface area contributed by atoms with Crippen molar-refractivity contribution in [2.45, 2.75) is 32.4 Å². The lowest BCUT2D eigenvalue weighted by atomic mass is 9.86. The lowest BCUT2D eigenvalue weighted by molar-refractivity contribution is -0.227. The molecule has 1 aliphatic rings. The summed E-state index contributed by atoms with van der Waals surface area (Å²) in [6.45, 7) is 2.65. The van der Waals surface area contributed by atoms with Crippen molar-refractivity contribution in [3.63, 3.8) is 0 Å². The predicted octanol–water partition coefficient (Wildman–Crippen LogP) is 2.02. The molecule has 0 spiro atoms. The standard InChI is InChI=1S/C14H18F3N3O3/c1-8(2)10-6-9(18-19(10)3)11(21)20-5-4-13(7-20,12(22)23)14(15,16)17/h6,8H,4-5,7H2,1-3H3,(H,22,23). The van der Waals surface area contributed by atoms with Gasteiger partial charge in [-0.15, -0.1) is 0 Å². The lowest BCUT2D eigenvalue weighted by Gasteiger charge is -2.27. The molecular formula is C14H18F3N3O3. The first-order valence-electron chi connectivity index (χ1n) is 7.13. The lowest BCUT2D eigenvalue weighted by Crippen LogP contribution is -2.47. The fourth-order valence-corrected chi connectivity index (χ4v) is 2.80. The molecule has 1 amide bonds. The molecule has 1 fully saturated rings. The Kier molecular flexibility index (Phi) is 4.16. The Bertz CT molecular complexity index is 639. The molecule has 23 heavy (non-hydrogen) atoms. The number of aliphatic carboxylic acids is 1. The Hall–Kier alpha value is -2.06. The van der Waals surface area contributed by atoms with E-state index in [0.29, 0.717) is 0 Å². The zero-order chi connectivity index (χ0) is 17.6. The highest BCUT2D eigenvalue weighted by molar-refractivity contribution is 5.93. The van der Waals surface area contributed by atoms with Gasteiger partial charge in [0.1, 0.15) is 0 Å². The van der Waals surface area contributed by atoms with E-state index in [-0.39, 0.29) is 18.2 Å². The van der Waals surface area contributed by atoms with Crippen LogP contribution in [0.4, 0.5) is 13.2 Å². The van der Waals surface area contributed by atoms with Crippen LogP contribution in [-0.4, -0.2) is 50.9 Å². The normalized spacial score (nSPS) is 22.0. The highest BCUT2D eigenvalue weighted by atomic mass is 19.4. The van der Waals surface area contributed by atoms with Crippen LogP contribution in [0.1, 0.15) is 42.4 Å². The topological polar surface area (TPSA) is 75.4 Å². The summed E-state index contributed by atoms with van der Waals surface area (Å²) < 4.78 is 40.9. The van der Waals surface area contributed by atoms with Gasteiger partial charge in [-0.05, 0) is 18.4 Å². The monoisotopic (exact) mass is 333 g/mol. The van der Waals surface area contributed by atoms with Crippen molar-refractivity contribution in [2.75, 3.05) is 13.1 Å². The molecule has 1 atom stereocenters. The summed E-state index contributed by atoms with van der Waals surface area (Å²) in [6, 6.07) is 1.53. The van der Waals surface area contributed by atoms with Crippen LogP contribution in [0.15, 0.2) is 6.07 Å². The van der Waals surface area contributed by atoms with Crippen LogP contribution in [0, 0.1) is 5.41 Å². The number of hydrogen-bond donors (Lipinski definition) is 1. The van der Waals surface area contributed by atoms with E-state index in [1.165, 1.54) is 10.7 Å². The van der Waals surface area contributed by atoms with E-state index in [0.717, 1.165) is 10.6 Å². The second kappa shape index (κ2) is 5.54. The SMILES string of the molecule is CC(C)c1cc(C(=O)N2CCC(C(=O)O)(C(F)(F)F)C2)nn1C. The van der Waals surface area contributed by atoms with Crippen LogP contribution in [0.2, 0.25) is 0 Å². The second-order valence-corrected chi connectivity index (χ2v) is 6.09. The molecule has 1 saturated heterocycles. The number of rotatable bonds is 3. The van der Waals surface area contributed by atoms with Gasteiger partial charge in [-0.1, -0.05) is 13.8 Å². The van der Waals surface area contributed by atoms with Crippen molar-refractivity contribution >= 4 is 11.9 Å². The molecule has 1 aromatic rings. The van der Waals surface area contributed by atoms with Crippen LogP contribution < -0.4 is 0 Å². The molecule has 1 aromatic heterocycles. The molecule has 0 bridgehead atoms. The predicted molar refractivity (Wildman–Crippen MR) is 73.9 cm³/mol. The summed E-state index contributed by atoms with van der Waals surface area (Å²) >= 11 is 0. The number of amides is 1. The fourth-order valence-electron chi connectivity index (χ4n) is 2.80. The maximum atomic E-state index is 13.1. The number of carboxylic acid groups (broad SMARTS) is 1. The molecule has 0 saturated carbocycles. The molecule has 0 aromatic carbocycles. The van der Waals surface area contributed by atoms with E-state index in [2.05, 4.69) is 5.10 Å². The van der Waals surface area contributed by atoms with Crippen molar-refractivity contribution in [1.29, 1.82) is 0 Å². The molecule has 6 nitrogen and oxygen atoms in total. The molecule has 2 rings (SSSR count). The number of carbonyl (C=O) groups excluding carboxylic acids is 1. The number of aryl methyl sites for hydroxylation is 1. The van der Waals surface area contributed by atoms with Crippen LogP contribution in [0.25, 0.3) is 0 Å². The molecule has 128 valence electrons. The quantitative estimate of drug-likeness (QED) is 0.918. The van der Waals surface area contributed by atoms with Gasteiger partial charge in [0.2, 0.25) is 0 Å². The Morgan fingerprint density at radius 3 is 2.39 bits per heavy atom. The van der Waals surface area contributed by atoms with E-state index >= 15 is 0 Å². The molecular weight excluding hydrogens is 315 g/mol. The Morgan fingerprint density at radius 2 is 2.00 bits per heavy atom. The molecule has 1 aliphatic heterocycles. The van der Waals surface area contributed by atoms with Crippen LogP contribution in [0.3, 0.4) is 0 Å². The third-order valence-corrected chi connectivity index (χ3v) is 4.24. The Morgan fingerprint density at radius 1 is 1.39 bits per heavy atom. The molecule has 1 unspecified atom stereocenters. The number of halogens is 3. The summed E-state index contributed by atoms with van der Waals surface area (Å²) in [5.41, 5.74) is -2.11. The van der Waals surface area contributed by atoms with Crippen LogP contribution in [-0.2, 0) is 11.8 Å². The highest BCUT2D eigenvalue weighted by Crippen LogP contribution is 2.45. The summed E-state index contributed by atoms with van der Waals surface area (Å²) in [4.78, 5) is 24.4. The van der Waals surface area contributed by atoms with Gasteiger partial charge in [-0.3, -0.25) is 14.3 Å². The van der Waals surface area contributed by atoms with E-state index < -0.39 is 36.4 Å². The maximum Gasteiger partial charge on any atom is 0.406 e. The van der Waals surface area contributed by atoms with Gasteiger partial charge < -0.3 is 10.0 Å². The molecule has 0 radical (unpaired) electrons. The minimum Gasteiger partial charge on any atom is -0.481 e. The van der Waals surface area contributed by atoms with Crippen LogP contribution >= 0.6 is 0 Å². The van der Waals surface area contributed by atoms with Gasteiger partial charge in [0.25, 0.3) is 5.91 Å². The first-order valence-corrected chi connectivity index (χ1v) is 7.13. The third-order valence-electron chi connectivity index (χ3n) is 4.24. The van der Waals surface area contributed by atoms with Crippen molar-refractivity contribution in [2.24, 2.45) is 12.5 Å². The van der Waals surface area contributed by atoms with E-state index in [1.54, 1.807) is 7.05 Å². The van der Waals surface area contributed by atoms with E-state index in [9.17, 15) is 22.8 Å². The third kappa shape index (κ3) is 2.79. The average molecular weight is 333 g/mol. The summed E-state index contributed by atoms with van der Waals surface area (Å²) in [5, 5.41) is 13.0. The van der Waals surface area contributed by atoms with Gasteiger partial charge in [0.15, 0.2) is 11.1 Å². The number of carbonyl (C=O) groups is 2. The van der Waals surface area contributed by atoms with Gasteiger partial charge in [-0.25, -0.2) is 0 Å². The first-order chi connectivity index (χ1) is 10.5. The van der Waals surface area contributed by atoms with Crippen molar-refractivity contribution in [3.8, 4) is 0 Å². The smallest absolute Gasteiger partial charge is 0.406 e. The Balaban J connectivity index is 2.26. The van der Waals surface area contributed by atoms with Crippen molar-refractivity contribution in [1.82, 2.24) is 14.7 Å². The van der Waals surface area contributed by atoms with Gasteiger partial charge in [-0.2, -0.15) is 18.3 Å². The van der Waals surface area contributed by atoms with Crippen molar-refractivity contribution < 1.29 is 27.9 Å². The van der Waals surface area contributed by atoms with Gasteiger partial charge in [0, 0.05) is 25.8 Å². The maximum absolute atomic E-state index is 13.1. The minimum atomic E-state index is -4.92. The Labute approximate surface area is 130 Å². The van der Waals surface area contributed by atoms with Crippen molar-refractivity contribution in [3.05, 3.63) is 17.5 Å². The van der Waals surface area contributed by atoms with E-state index in [1.807, 2.05) is 13.8 Å². The number of carboxylic acids is 1. The summed E-state index contributed by atoms with van der Waals surface area (Å²) in [6.07, 6.45) is -5.57. The number of alkyl halides is 3. The number of hydrogen-bond acceptors (Lipinski definition) is 3. The molecule has 2 heterocycles. The zero-order valence-electron chi connectivity index (χ0n) is 13.0. The molecule has 1 N–H and O–H groups in total. The number of aromatic nitrogens is 2. The van der Waals surface area contributed by atoms with Gasteiger partial charge in [0.05, 0.1) is 0 Å². The minimum absolute atomic E-state index is 0.0274. The highest BCUT2D eigenvalue weighted by Gasteiger charge is 2.64. The van der Waals surface area contributed by atoms with Crippen LogP contribution in [0.5, 0.6) is 0 Å². The molecule has 9 heteroatoms. The summed E-state index contributed by atoms with van der Waals surface area (Å²) in [7, 11) is 1.65. The summed E-state index contributed by atoms with van der Waals surface area (Å²) in [5.74, 6) is -2.54. The fraction of sp³-hybridized carbons (Fsp3) is 0.643. The largest absolute Gasteiger partial charge is 0.481 e. The number of nitrogens with zero attached hydrogens (tertiary/aromatic N) is 3. The van der Waals surface area contributed by atoms with E-state index in [4.69, 9.17) is 5.11 Å².